The maximum atomic E-state index is 12.6. The Hall–Kier alpha value is -2.55. The summed E-state index contributed by atoms with van der Waals surface area (Å²) in [6, 6.07) is 25.5. The molecule has 3 aromatic rings. The van der Waals surface area contributed by atoms with Gasteiger partial charge >= 0.3 is 0 Å². The zero-order valence-electron chi connectivity index (χ0n) is 15.5. The molecule has 0 aliphatic rings. The van der Waals surface area contributed by atoms with Crippen LogP contribution in [0.2, 0.25) is 0 Å². The van der Waals surface area contributed by atoms with E-state index in [0.717, 1.165) is 5.75 Å². The first kappa shape index (κ1) is 21.2. The smallest absolute Gasteiger partial charge is 0.261 e. The molecule has 0 amide bonds. The fourth-order valence-electron chi connectivity index (χ4n) is 2.49. The quantitative estimate of drug-likeness (QED) is 0.269. The van der Waals surface area contributed by atoms with Crippen LogP contribution in [0.5, 0.6) is 0 Å². The second-order valence-corrected chi connectivity index (χ2v) is 9.30. The number of nitrogens with one attached hydrogen (secondary N) is 3. The minimum Gasteiger partial charge on any atom is -0.362 e. The SMILES string of the molecule is O=S(=O)(Nc1ccccc1)c1cccc(NC(=S)NCCSc2ccccc2)c1. The molecule has 0 heterocycles. The highest BCUT2D eigenvalue weighted by atomic mass is 32.2. The number of hydrogen-bond donors (Lipinski definition) is 3. The molecule has 0 aliphatic carbocycles. The molecule has 3 N–H and O–H groups in total. The summed E-state index contributed by atoms with van der Waals surface area (Å²) in [7, 11) is -3.68. The van der Waals surface area contributed by atoms with E-state index in [2.05, 4.69) is 27.5 Å². The molecule has 5 nitrogen and oxygen atoms in total. The van der Waals surface area contributed by atoms with Crippen molar-refractivity contribution < 1.29 is 8.42 Å². The Balaban J connectivity index is 1.53. The van der Waals surface area contributed by atoms with Crippen molar-refractivity contribution in [2.75, 3.05) is 22.3 Å². The highest BCUT2D eigenvalue weighted by Crippen LogP contribution is 2.19. The Labute approximate surface area is 181 Å². The second kappa shape index (κ2) is 10.3. The summed E-state index contributed by atoms with van der Waals surface area (Å²) in [4.78, 5) is 1.37. The van der Waals surface area contributed by atoms with Crippen molar-refractivity contribution in [2.45, 2.75) is 9.79 Å². The number of thiocarbonyl (C=S) groups is 1. The zero-order chi connectivity index (χ0) is 20.5. The molecule has 0 aromatic heterocycles. The van der Waals surface area contributed by atoms with Crippen LogP contribution in [0.4, 0.5) is 11.4 Å². The molecular weight excluding hydrogens is 422 g/mol. The van der Waals surface area contributed by atoms with Gasteiger partial charge in [0.05, 0.1) is 4.90 Å². The van der Waals surface area contributed by atoms with E-state index in [1.54, 1.807) is 60.3 Å². The summed E-state index contributed by atoms with van der Waals surface area (Å²) in [5.41, 5.74) is 1.12. The standard InChI is InChI=1S/C21H21N3O2S3/c25-29(26,24-17-8-3-1-4-9-17)20-13-7-10-18(16-20)23-21(27)22-14-15-28-19-11-5-2-6-12-19/h1-13,16,24H,14-15H2,(H2,22,23,27). The lowest BCUT2D eigenvalue weighted by Crippen LogP contribution is -2.30. The van der Waals surface area contributed by atoms with E-state index in [1.807, 2.05) is 24.3 Å². The Morgan fingerprint density at radius 1 is 0.862 bits per heavy atom. The van der Waals surface area contributed by atoms with Crippen LogP contribution in [0.15, 0.2) is 94.7 Å². The number of hydrogen-bond acceptors (Lipinski definition) is 4. The third-order valence-corrected chi connectivity index (χ3v) is 6.47. The first-order valence-corrected chi connectivity index (χ1v) is 11.8. The summed E-state index contributed by atoms with van der Waals surface area (Å²) in [5.74, 6) is 0.862. The predicted molar refractivity (Wildman–Crippen MR) is 125 cm³/mol. The van der Waals surface area contributed by atoms with Gasteiger partial charge < -0.3 is 10.6 Å². The Kier molecular flexibility index (Phi) is 7.51. The largest absolute Gasteiger partial charge is 0.362 e. The minimum absolute atomic E-state index is 0.161. The zero-order valence-corrected chi connectivity index (χ0v) is 18.0. The van der Waals surface area contributed by atoms with Gasteiger partial charge in [0.15, 0.2) is 5.11 Å². The van der Waals surface area contributed by atoms with Crippen LogP contribution in [0.3, 0.4) is 0 Å². The van der Waals surface area contributed by atoms with Gasteiger partial charge in [-0.05, 0) is 54.7 Å². The molecule has 0 unspecified atom stereocenters. The number of anilines is 2. The Bertz CT molecular complexity index is 1040. The van der Waals surface area contributed by atoms with Crippen LogP contribution in [-0.2, 0) is 10.0 Å². The van der Waals surface area contributed by atoms with Crippen molar-refractivity contribution in [3.63, 3.8) is 0 Å². The molecule has 0 fully saturated rings. The van der Waals surface area contributed by atoms with Crippen LogP contribution >= 0.6 is 24.0 Å². The summed E-state index contributed by atoms with van der Waals surface area (Å²) in [6.07, 6.45) is 0. The molecule has 0 bridgehead atoms. The second-order valence-electron chi connectivity index (χ2n) is 6.04. The molecule has 150 valence electrons. The maximum absolute atomic E-state index is 12.6. The fraction of sp³-hybridized carbons (Fsp3) is 0.0952. The van der Waals surface area contributed by atoms with Gasteiger partial charge in [-0.3, -0.25) is 4.72 Å². The number of thioether (sulfide) groups is 1. The van der Waals surface area contributed by atoms with Gasteiger partial charge in [-0.15, -0.1) is 11.8 Å². The van der Waals surface area contributed by atoms with Gasteiger partial charge in [0.1, 0.15) is 0 Å². The van der Waals surface area contributed by atoms with Crippen molar-refractivity contribution in [1.29, 1.82) is 0 Å². The lowest BCUT2D eigenvalue weighted by atomic mass is 10.3. The van der Waals surface area contributed by atoms with Crippen molar-refractivity contribution >= 4 is 50.5 Å². The van der Waals surface area contributed by atoms with E-state index in [4.69, 9.17) is 12.2 Å². The number of benzene rings is 3. The van der Waals surface area contributed by atoms with Gasteiger partial charge in [0.2, 0.25) is 0 Å². The molecule has 0 atom stereocenters. The average molecular weight is 444 g/mol. The van der Waals surface area contributed by atoms with Crippen molar-refractivity contribution in [3.8, 4) is 0 Å². The van der Waals surface area contributed by atoms with Crippen LogP contribution in [0.1, 0.15) is 0 Å². The number of rotatable bonds is 8. The van der Waals surface area contributed by atoms with E-state index >= 15 is 0 Å². The van der Waals surface area contributed by atoms with Gasteiger partial charge in [-0.2, -0.15) is 0 Å². The summed E-state index contributed by atoms with van der Waals surface area (Å²) < 4.78 is 27.8. The van der Waals surface area contributed by atoms with Gasteiger partial charge in [0.25, 0.3) is 10.0 Å². The molecule has 0 spiro atoms. The van der Waals surface area contributed by atoms with Crippen molar-refractivity contribution in [1.82, 2.24) is 5.32 Å². The Morgan fingerprint density at radius 3 is 2.24 bits per heavy atom. The molecule has 0 saturated carbocycles. The predicted octanol–water partition coefficient (Wildman–Crippen LogP) is 4.57. The number of para-hydroxylation sites is 1. The summed E-state index contributed by atoms with van der Waals surface area (Å²) >= 11 is 7.05. The molecule has 3 rings (SSSR count). The van der Waals surface area contributed by atoms with E-state index in [0.29, 0.717) is 23.0 Å². The van der Waals surface area contributed by atoms with Gasteiger partial charge in [0, 0.05) is 28.6 Å². The summed E-state index contributed by atoms with van der Waals surface area (Å²) in [5, 5.41) is 6.62. The molecule has 3 aromatic carbocycles. The summed E-state index contributed by atoms with van der Waals surface area (Å²) in [6.45, 7) is 0.693. The molecule has 0 saturated heterocycles. The maximum Gasteiger partial charge on any atom is 0.261 e. The van der Waals surface area contributed by atoms with Crippen LogP contribution < -0.4 is 15.4 Å². The molecule has 0 aliphatic heterocycles. The first-order chi connectivity index (χ1) is 14.0. The molecule has 0 radical (unpaired) electrons. The van der Waals surface area contributed by atoms with E-state index in [-0.39, 0.29) is 4.90 Å². The van der Waals surface area contributed by atoms with Gasteiger partial charge in [-0.1, -0.05) is 42.5 Å². The minimum atomic E-state index is -3.68. The van der Waals surface area contributed by atoms with Gasteiger partial charge in [-0.25, -0.2) is 8.42 Å². The lowest BCUT2D eigenvalue weighted by molar-refractivity contribution is 0.601. The average Bonchev–Trinajstić information content (AvgIpc) is 2.73. The topological polar surface area (TPSA) is 70.2 Å². The third-order valence-electron chi connectivity index (χ3n) is 3.83. The van der Waals surface area contributed by atoms with Crippen molar-refractivity contribution in [3.05, 3.63) is 84.9 Å². The lowest BCUT2D eigenvalue weighted by Gasteiger charge is -2.12. The van der Waals surface area contributed by atoms with Crippen LogP contribution in [0, 0.1) is 0 Å². The Morgan fingerprint density at radius 2 is 1.52 bits per heavy atom. The number of sulfonamides is 1. The van der Waals surface area contributed by atoms with E-state index in [9.17, 15) is 8.42 Å². The highest BCUT2D eigenvalue weighted by Gasteiger charge is 2.14. The normalized spacial score (nSPS) is 10.9. The highest BCUT2D eigenvalue weighted by molar-refractivity contribution is 7.99. The van der Waals surface area contributed by atoms with Crippen LogP contribution in [0.25, 0.3) is 0 Å². The fourth-order valence-corrected chi connectivity index (χ4v) is 4.60. The molecule has 8 heteroatoms. The van der Waals surface area contributed by atoms with E-state index in [1.165, 1.54) is 4.90 Å². The van der Waals surface area contributed by atoms with Crippen molar-refractivity contribution in [2.24, 2.45) is 0 Å². The van der Waals surface area contributed by atoms with E-state index < -0.39 is 10.0 Å². The third kappa shape index (κ3) is 6.77. The van der Waals surface area contributed by atoms with Crippen LogP contribution in [-0.4, -0.2) is 25.8 Å². The molecular formula is C21H21N3O2S3. The monoisotopic (exact) mass is 443 g/mol. The first-order valence-electron chi connectivity index (χ1n) is 8.93. The molecule has 29 heavy (non-hydrogen) atoms.